The van der Waals surface area contributed by atoms with E-state index in [2.05, 4.69) is 4.98 Å². The van der Waals surface area contributed by atoms with Crippen molar-refractivity contribution in [3.05, 3.63) is 59.1 Å². The average Bonchev–Trinajstić information content (AvgIpc) is 2.54. The number of carbonyl (C=O) groups is 1. The number of hydrogen-bond donors (Lipinski definition) is 0. The molecule has 2 aromatic carbocycles. The topological polar surface area (TPSA) is 39.2 Å². The summed E-state index contributed by atoms with van der Waals surface area (Å²) >= 11 is 6.19. The summed E-state index contributed by atoms with van der Waals surface area (Å²) in [6.45, 7) is 5.37. The van der Waals surface area contributed by atoms with Gasteiger partial charge in [0.25, 0.3) is 0 Å². The van der Waals surface area contributed by atoms with Crippen molar-refractivity contribution in [1.82, 2.24) is 4.98 Å². The van der Waals surface area contributed by atoms with Crippen LogP contribution in [0.1, 0.15) is 31.1 Å². The molecule has 24 heavy (non-hydrogen) atoms. The average molecular weight is 340 g/mol. The summed E-state index contributed by atoms with van der Waals surface area (Å²) < 4.78 is 5.84. The van der Waals surface area contributed by atoms with Crippen molar-refractivity contribution in [1.29, 1.82) is 0 Å². The van der Waals surface area contributed by atoms with Crippen LogP contribution in [0, 0.1) is 0 Å². The minimum Gasteiger partial charge on any atom is -0.474 e. The summed E-state index contributed by atoms with van der Waals surface area (Å²) in [5, 5.41) is 1.45. The summed E-state index contributed by atoms with van der Waals surface area (Å²) in [6, 6.07) is 15.3. The molecule has 0 aliphatic rings. The highest BCUT2D eigenvalue weighted by molar-refractivity contribution is 6.31. The monoisotopic (exact) mass is 339 g/mol. The SMILES string of the molecule is CC(=O)c1c(OC(C)C)nc2ccc(Cl)cc2c1-c1ccccc1. The maximum absolute atomic E-state index is 12.4. The van der Waals surface area contributed by atoms with Gasteiger partial charge in [-0.3, -0.25) is 4.79 Å². The van der Waals surface area contributed by atoms with Gasteiger partial charge in [-0.15, -0.1) is 0 Å². The third kappa shape index (κ3) is 3.13. The van der Waals surface area contributed by atoms with E-state index in [0.29, 0.717) is 16.5 Å². The van der Waals surface area contributed by atoms with Gasteiger partial charge in [-0.1, -0.05) is 41.9 Å². The highest BCUT2D eigenvalue weighted by Crippen LogP contribution is 2.37. The van der Waals surface area contributed by atoms with E-state index < -0.39 is 0 Å². The molecular weight excluding hydrogens is 322 g/mol. The number of fused-ring (bicyclic) bond motifs is 1. The first-order chi connectivity index (χ1) is 11.5. The van der Waals surface area contributed by atoms with E-state index >= 15 is 0 Å². The zero-order chi connectivity index (χ0) is 17.3. The lowest BCUT2D eigenvalue weighted by Gasteiger charge is -2.18. The standard InChI is InChI=1S/C20H18ClNO2/c1-12(2)24-20-18(13(3)23)19(14-7-5-4-6-8-14)16-11-15(21)9-10-17(16)22-20/h4-12H,1-3H3. The fourth-order valence-electron chi connectivity index (χ4n) is 2.75. The lowest BCUT2D eigenvalue weighted by atomic mass is 9.94. The molecule has 4 heteroatoms. The fourth-order valence-corrected chi connectivity index (χ4v) is 2.92. The molecule has 0 saturated carbocycles. The van der Waals surface area contributed by atoms with Crippen LogP contribution in [0.2, 0.25) is 5.02 Å². The van der Waals surface area contributed by atoms with Crippen LogP contribution in [0.5, 0.6) is 5.88 Å². The first kappa shape index (κ1) is 16.5. The molecule has 0 radical (unpaired) electrons. The number of ketones is 1. The minimum atomic E-state index is -0.0844. The molecule has 122 valence electrons. The number of carbonyl (C=O) groups excluding carboxylic acids is 1. The second-order valence-electron chi connectivity index (χ2n) is 5.92. The number of aromatic nitrogens is 1. The van der Waals surface area contributed by atoms with Crippen LogP contribution in [-0.2, 0) is 0 Å². The minimum absolute atomic E-state index is 0.0797. The number of Topliss-reactive ketones (excluding diaryl/α,β-unsaturated/α-hetero) is 1. The predicted octanol–water partition coefficient (Wildman–Crippen LogP) is 5.55. The Bertz CT molecular complexity index is 904. The first-order valence-corrected chi connectivity index (χ1v) is 8.21. The van der Waals surface area contributed by atoms with Crippen LogP contribution < -0.4 is 4.74 Å². The largest absolute Gasteiger partial charge is 0.474 e. The van der Waals surface area contributed by atoms with E-state index in [-0.39, 0.29) is 11.9 Å². The van der Waals surface area contributed by atoms with Crippen molar-refractivity contribution >= 4 is 28.3 Å². The summed E-state index contributed by atoms with van der Waals surface area (Å²) in [7, 11) is 0. The molecule has 3 aromatic rings. The highest BCUT2D eigenvalue weighted by atomic mass is 35.5. The van der Waals surface area contributed by atoms with E-state index in [4.69, 9.17) is 16.3 Å². The molecule has 0 amide bonds. The van der Waals surface area contributed by atoms with E-state index in [1.807, 2.05) is 56.3 Å². The van der Waals surface area contributed by atoms with Gasteiger partial charge >= 0.3 is 0 Å². The van der Waals surface area contributed by atoms with Crippen molar-refractivity contribution in [2.45, 2.75) is 26.9 Å². The molecule has 3 rings (SSSR count). The Balaban J connectivity index is 2.44. The lowest BCUT2D eigenvalue weighted by Crippen LogP contribution is -2.12. The molecule has 0 N–H and O–H groups in total. The van der Waals surface area contributed by atoms with Crippen molar-refractivity contribution in [2.75, 3.05) is 0 Å². The van der Waals surface area contributed by atoms with Gasteiger partial charge < -0.3 is 4.74 Å². The highest BCUT2D eigenvalue weighted by Gasteiger charge is 2.21. The smallest absolute Gasteiger partial charge is 0.225 e. The third-order valence-electron chi connectivity index (χ3n) is 3.68. The molecule has 3 nitrogen and oxygen atoms in total. The molecule has 0 unspecified atom stereocenters. The molecule has 0 saturated heterocycles. The van der Waals surface area contributed by atoms with E-state index in [1.165, 1.54) is 6.92 Å². The number of rotatable bonds is 4. The van der Waals surface area contributed by atoms with Crippen LogP contribution in [-0.4, -0.2) is 16.9 Å². The zero-order valence-corrected chi connectivity index (χ0v) is 14.6. The Hall–Kier alpha value is -2.39. The van der Waals surface area contributed by atoms with Crippen LogP contribution >= 0.6 is 11.6 Å². The van der Waals surface area contributed by atoms with Gasteiger partial charge in [-0.05, 0) is 44.5 Å². The molecule has 1 aromatic heterocycles. The van der Waals surface area contributed by atoms with Crippen LogP contribution in [0.3, 0.4) is 0 Å². The molecule has 1 heterocycles. The summed E-state index contributed by atoms with van der Waals surface area (Å²) in [6.07, 6.45) is -0.0797. The number of ether oxygens (including phenoxy) is 1. The van der Waals surface area contributed by atoms with E-state index in [9.17, 15) is 4.79 Å². The van der Waals surface area contributed by atoms with Crippen LogP contribution in [0.4, 0.5) is 0 Å². The Kier molecular flexibility index (Phi) is 4.54. The van der Waals surface area contributed by atoms with E-state index in [1.54, 1.807) is 6.07 Å². The molecular formula is C20H18ClNO2. The van der Waals surface area contributed by atoms with Gasteiger partial charge in [0, 0.05) is 16.0 Å². The fraction of sp³-hybridized carbons (Fsp3) is 0.200. The Morgan fingerprint density at radius 1 is 1.12 bits per heavy atom. The maximum Gasteiger partial charge on any atom is 0.225 e. The van der Waals surface area contributed by atoms with Gasteiger partial charge in [0.15, 0.2) is 5.78 Å². The molecule has 0 bridgehead atoms. The zero-order valence-electron chi connectivity index (χ0n) is 13.8. The number of pyridine rings is 1. The van der Waals surface area contributed by atoms with Gasteiger partial charge in [-0.2, -0.15) is 0 Å². The van der Waals surface area contributed by atoms with Crippen molar-refractivity contribution in [3.8, 4) is 17.0 Å². The number of benzene rings is 2. The molecule has 0 aliphatic carbocycles. The van der Waals surface area contributed by atoms with Gasteiger partial charge in [0.1, 0.15) is 0 Å². The number of halogens is 1. The van der Waals surface area contributed by atoms with Crippen molar-refractivity contribution < 1.29 is 9.53 Å². The molecule has 0 atom stereocenters. The van der Waals surface area contributed by atoms with Crippen molar-refractivity contribution in [3.63, 3.8) is 0 Å². The Morgan fingerprint density at radius 3 is 2.46 bits per heavy atom. The van der Waals surface area contributed by atoms with Crippen LogP contribution in [0.15, 0.2) is 48.5 Å². The van der Waals surface area contributed by atoms with Crippen molar-refractivity contribution in [2.24, 2.45) is 0 Å². The summed E-state index contributed by atoms with van der Waals surface area (Å²) in [5.41, 5.74) is 2.99. The summed E-state index contributed by atoms with van der Waals surface area (Å²) in [5.74, 6) is 0.282. The molecule has 0 fully saturated rings. The summed E-state index contributed by atoms with van der Waals surface area (Å²) in [4.78, 5) is 17.0. The van der Waals surface area contributed by atoms with Crippen LogP contribution in [0.25, 0.3) is 22.0 Å². The van der Waals surface area contributed by atoms with Gasteiger partial charge in [0.05, 0.1) is 17.2 Å². The Morgan fingerprint density at radius 2 is 1.83 bits per heavy atom. The quantitative estimate of drug-likeness (QED) is 0.585. The van der Waals surface area contributed by atoms with Gasteiger partial charge in [-0.25, -0.2) is 4.98 Å². The molecule has 0 aliphatic heterocycles. The second kappa shape index (κ2) is 6.62. The number of hydrogen-bond acceptors (Lipinski definition) is 3. The first-order valence-electron chi connectivity index (χ1n) is 7.83. The third-order valence-corrected chi connectivity index (χ3v) is 3.91. The number of nitrogens with zero attached hydrogens (tertiary/aromatic N) is 1. The molecule has 0 spiro atoms. The normalized spacial score (nSPS) is 11.0. The Labute approximate surface area is 146 Å². The predicted molar refractivity (Wildman–Crippen MR) is 98.0 cm³/mol. The van der Waals surface area contributed by atoms with Gasteiger partial charge in [0.2, 0.25) is 5.88 Å². The maximum atomic E-state index is 12.4. The lowest BCUT2D eigenvalue weighted by molar-refractivity contribution is 0.101. The van der Waals surface area contributed by atoms with E-state index in [0.717, 1.165) is 22.0 Å². The second-order valence-corrected chi connectivity index (χ2v) is 6.35.